The Bertz CT molecular complexity index is 298. The normalized spacial score (nSPS) is 25.8. The van der Waals surface area contributed by atoms with E-state index in [1.54, 1.807) is 0 Å². The molecule has 110 valence electrons. The first-order chi connectivity index (χ1) is 9.15. The van der Waals surface area contributed by atoms with Crippen LogP contribution in [0, 0.1) is 0 Å². The molecule has 0 aromatic heterocycles. The van der Waals surface area contributed by atoms with Crippen LogP contribution in [0.25, 0.3) is 0 Å². The van der Waals surface area contributed by atoms with Crippen LogP contribution >= 0.6 is 0 Å². The molecular formula is C14H28N4O. The van der Waals surface area contributed by atoms with Crippen LogP contribution in [0.2, 0.25) is 0 Å². The van der Waals surface area contributed by atoms with Crippen molar-refractivity contribution in [3.63, 3.8) is 0 Å². The Balaban J connectivity index is 1.84. The largest absolute Gasteiger partial charge is 0.328 e. The van der Waals surface area contributed by atoms with Gasteiger partial charge in [0.15, 0.2) is 0 Å². The highest BCUT2D eigenvalue weighted by molar-refractivity contribution is 5.74. The number of hydrogen-bond donors (Lipinski definition) is 1. The highest BCUT2D eigenvalue weighted by Gasteiger charge is 2.33. The molecule has 2 heterocycles. The van der Waals surface area contributed by atoms with E-state index in [0.717, 1.165) is 58.5 Å². The quantitative estimate of drug-likeness (QED) is 0.829. The van der Waals surface area contributed by atoms with Gasteiger partial charge >= 0.3 is 6.03 Å². The van der Waals surface area contributed by atoms with Gasteiger partial charge in [-0.25, -0.2) is 4.79 Å². The number of nitrogens with zero attached hydrogens (tertiary/aromatic N) is 3. The summed E-state index contributed by atoms with van der Waals surface area (Å²) in [5.74, 6) is 0. The number of urea groups is 1. The third-order valence-corrected chi connectivity index (χ3v) is 4.56. The molecule has 2 fully saturated rings. The molecule has 0 aliphatic carbocycles. The van der Waals surface area contributed by atoms with Gasteiger partial charge in [0.05, 0.1) is 0 Å². The molecule has 0 saturated carbocycles. The van der Waals surface area contributed by atoms with E-state index >= 15 is 0 Å². The van der Waals surface area contributed by atoms with E-state index in [1.807, 2.05) is 23.6 Å². The molecule has 2 aliphatic heterocycles. The topological polar surface area (TPSA) is 52.8 Å². The van der Waals surface area contributed by atoms with Gasteiger partial charge in [0.25, 0.3) is 0 Å². The second-order valence-electron chi connectivity index (χ2n) is 5.72. The maximum absolute atomic E-state index is 12.3. The third kappa shape index (κ3) is 3.39. The Morgan fingerprint density at radius 3 is 2.37 bits per heavy atom. The van der Waals surface area contributed by atoms with E-state index in [0.29, 0.717) is 12.1 Å². The first-order valence-electron chi connectivity index (χ1n) is 7.69. The van der Waals surface area contributed by atoms with Crippen LogP contribution < -0.4 is 5.73 Å². The zero-order valence-electron chi connectivity index (χ0n) is 12.3. The van der Waals surface area contributed by atoms with Crippen LogP contribution in [0.5, 0.6) is 0 Å². The van der Waals surface area contributed by atoms with Gasteiger partial charge in [-0.2, -0.15) is 0 Å². The molecule has 2 amide bonds. The second kappa shape index (κ2) is 6.57. The first kappa shape index (κ1) is 14.6. The van der Waals surface area contributed by atoms with Gasteiger partial charge in [0.2, 0.25) is 0 Å². The minimum atomic E-state index is 0.209. The summed E-state index contributed by atoms with van der Waals surface area (Å²) in [5.41, 5.74) is 5.95. The Morgan fingerprint density at radius 2 is 1.79 bits per heavy atom. The molecule has 1 atom stereocenters. The summed E-state index contributed by atoms with van der Waals surface area (Å²) in [7, 11) is 0. The predicted molar refractivity (Wildman–Crippen MR) is 77.1 cm³/mol. The SMILES string of the molecule is CCN(CC)C(=O)N1CCC(N2CCC(N)CC2)C1. The Morgan fingerprint density at radius 1 is 1.16 bits per heavy atom. The first-order valence-corrected chi connectivity index (χ1v) is 7.69. The van der Waals surface area contributed by atoms with Crippen LogP contribution in [0.3, 0.4) is 0 Å². The van der Waals surface area contributed by atoms with E-state index in [2.05, 4.69) is 4.90 Å². The van der Waals surface area contributed by atoms with E-state index < -0.39 is 0 Å². The highest BCUT2D eigenvalue weighted by atomic mass is 16.2. The van der Waals surface area contributed by atoms with Crippen molar-refractivity contribution in [2.45, 2.75) is 45.2 Å². The minimum absolute atomic E-state index is 0.209. The maximum atomic E-state index is 12.3. The summed E-state index contributed by atoms with van der Waals surface area (Å²) < 4.78 is 0. The van der Waals surface area contributed by atoms with E-state index in [4.69, 9.17) is 5.73 Å². The molecule has 0 aromatic rings. The summed E-state index contributed by atoms with van der Waals surface area (Å²) in [5, 5.41) is 0. The summed E-state index contributed by atoms with van der Waals surface area (Å²) in [6.07, 6.45) is 3.31. The number of carbonyl (C=O) groups excluding carboxylic acids is 1. The summed E-state index contributed by atoms with van der Waals surface area (Å²) in [6.45, 7) is 9.68. The second-order valence-corrected chi connectivity index (χ2v) is 5.72. The Kier molecular flexibility index (Phi) is 5.05. The summed E-state index contributed by atoms with van der Waals surface area (Å²) >= 11 is 0. The van der Waals surface area contributed by atoms with Crippen molar-refractivity contribution in [2.75, 3.05) is 39.3 Å². The number of carbonyl (C=O) groups is 1. The lowest BCUT2D eigenvalue weighted by atomic mass is 10.0. The van der Waals surface area contributed by atoms with E-state index in [1.165, 1.54) is 0 Å². The molecule has 2 N–H and O–H groups in total. The smallest absolute Gasteiger partial charge is 0.320 e. The van der Waals surface area contributed by atoms with Crippen molar-refractivity contribution in [2.24, 2.45) is 5.73 Å². The molecule has 0 spiro atoms. The fourth-order valence-corrected chi connectivity index (χ4v) is 3.19. The standard InChI is InChI=1S/C14H28N4O/c1-3-16(4-2)14(19)18-10-7-13(11-18)17-8-5-12(15)6-9-17/h12-13H,3-11,15H2,1-2H3. The molecule has 1 unspecified atom stereocenters. The molecule has 2 aliphatic rings. The van der Waals surface area contributed by atoms with E-state index in [-0.39, 0.29) is 6.03 Å². The number of hydrogen-bond acceptors (Lipinski definition) is 3. The van der Waals surface area contributed by atoms with Crippen molar-refractivity contribution < 1.29 is 4.79 Å². The monoisotopic (exact) mass is 268 g/mol. The Hall–Kier alpha value is -0.810. The number of amides is 2. The molecule has 0 bridgehead atoms. The fourth-order valence-electron chi connectivity index (χ4n) is 3.19. The van der Waals surface area contributed by atoms with Gasteiger partial charge in [-0.1, -0.05) is 0 Å². The van der Waals surface area contributed by atoms with Gasteiger partial charge < -0.3 is 15.5 Å². The molecule has 5 heteroatoms. The Labute approximate surface area is 116 Å². The van der Waals surface area contributed by atoms with Gasteiger partial charge in [0, 0.05) is 38.3 Å². The predicted octanol–water partition coefficient (Wildman–Crippen LogP) is 0.946. The van der Waals surface area contributed by atoms with Crippen molar-refractivity contribution in [1.29, 1.82) is 0 Å². The van der Waals surface area contributed by atoms with Crippen molar-refractivity contribution in [1.82, 2.24) is 14.7 Å². The van der Waals surface area contributed by atoms with Crippen LogP contribution in [0.4, 0.5) is 4.79 Å². The van der Waals surface area contributed by atoms with E-state index in [9.17, 15) is 4.79 Å². The molecule has 0 aromatic carbocycles. The number of rotatable bonds is 3. The minimum Gasteiger partial charge on any atom is -0.328 e. The lowest BCUT2D eigenvalue weighted by Crippen LogP contribution is -2.47. The van der Waals surface area contributed by atoms with Gasteiger partial charge in [-0.15, -0.1) is 0 Å². The lowest BCUT2D eigenvalue weighted by molar-refractivity contribution is 0.142. The molecule has 2 rings (SSSR count). The average Bonchev–Trinajstić information content (AvgIpc) is 2.90. The molecular weight excluding hydrogens is 240 g/mol. The fraction of sp³-hybridized carbons (Fsp3) is 0.929. The third-order valence-electron chi connectivity index (χ3n) is 4.56. The van der Waals surface area contributed by atoms with Crippen molar-refractivity contribution in [3.05, 3.63) is 0 Å². The number of nitrogens with two attached hydrogens (primary N) is 1. The van der Waals surface area contributed by atoms with Gasteiger partial charge in [-0.05, 0) is 46.2 Å². The summed E-state index contributed by atoms with van der Waals surface area (Å²) in [6, 6.07) is 1.14. The number of piperidine rings is 1. The van der Waals surface area contributed by atoms with Crippen molar-refractivity contribution in [3.8, 4) is 0 Å². The van der Waals surface area contributed by atoms with Crippen LogP contribution in [-0.4, -0.2) is 72.1 Å². The zero-order chi connectivity index (χ0) is 13.8. The molecule has 19 heavy (non-hydrogen) atoms. The lowest BCUT2D eigenvalue weighted by Gasteiger charge is -2.35. The average molecular weight is 268 g/mol. The maximum Gasteiger partial charge on any atom is 0.320 e. The van der Waals surface area contributed by atoms with Gasteiger partial charge in [0.1, 0.15) is 0 Å². The summed E-state index contributed by atoms with van der Waals surface area (Å²) in [4.78, 5) is 18.8. The van der Waals surface area contributed by atoms with Gasteiger partial charge in [-0.3, -0.25) is 4.90 Å². The van der Waals surface area contributed by atoms with Crippen molar-refractivity contribution >= 4 is 6.03 Å². The molecule has 0 radical (unpaired) electrons. The molecule has 5 nitrogen and oxygen atoms in total. The van der Waals surface area contributed by atoms with Crippen LogP contribution in [0.1, 0.15) is 33.1 Å². The molecule has 2 saturated heterocycles. The van der Waals surface area contributed by atoms with Crippen LogP contribution in [-0.2, 0) is 0 Å². The van der Waals surface area contributed by atoms with Crippen LogP contribution in [0.15, 0.2) is 0 Å². The number of likely N-dealkylation sites (tertiary alicyclic amines) is 2. The highest BCUT2D eigenvalue weighted by Crippen LogP contribution is 2.20. The zero-order valence-corrected chi connectivity index (χ0v) is 12.3.